The minimum atomic E-state index is 0.457. The Kier molecular flexibility index (Phi) is 5.71. The van der Waals surface area contributed by atoms with Gasteiger partial charge in [-0.3, -0.25) is 0 Å². The standard InChI is InChI=1S/C21H29N7/c1-25(2)12-13-27-11-8-23-21(27)19-4-3-9-28(16-19)20-6-5-18(14-24-20)15-26-10-7-22-17-26/h5-8,10-11,14,17,19H,3-4,9,12-13,15-16H2,1-2H3/t19-/m1/s1. The first kappa shape index (κ1) is 18.7. The number of hydrogen-bond donors (Lipinski definition) is 0. The molecule has 7 heteroatoms. The summed E-state index contributed by atoms with van der Waals surface area (Å²) in [5.74, 6) is 2.73. The van der Waals surface area contributed by atoms with Crippen LogP contribution in [0.4, 0.5) is 5.82 Å². The number of piperidine rings is 1. The van der Waals surface area contributed by atoms with Crippen LogP contribution in [0.15, 0.2) is 49.4 Å². The Balaban J connectivity index is 1.42. The molecule has 148 valence electrons. The van der Waals surface area contributed by atoms with Gasteiger partial charge in [0.1, 0.15) is 11.6 Å². The van der Waals surface area contributed by atoms with Gasteiger partial charge in [0.05, 0.1) is 6.33 Å². The van der Waals surface area contributed by atoms with Crippen LogP contribution in [0.3, 0.4) is 0 Å². The predicted molar refractivity (Wildman–Crippen MR) is 111 cm³/mol. The van der Waals surface area contributed by atoms with Crippen LogP contribution in [-0.2, 0) is 13.1 Å². The maximum absolute atomic E-state index is 4.74. The van der Waals surface area contributed by atoms with E-state index in [2.05, 4.69) is 56.3 Å². The van der Waals surface area contributed by atoms with Crippen LogP contribution in [0.1, 0.15) is 30.1 Å². The molecule has 0 bridgehead atoms. The Bertz CT molecular complexity index is 851. The van der Waals surface area contributed by atoms with Gasteiger partial charge < -0.3 is 18.9 Å². The number of anilines is 1. The molecule has 0 saturated carbocycles. The summed E-state index contributed by atoms with van der Waals surface area (Å²) in [5, 5.41) is 0. The van der Waals surface area contributed by atoms with Gasteiger partial charge in [-0.15, -0.1) is 0 Å². The number of pyridine rings is 1. The second-order valence-corrected chi connectivity index (χ2v) is 7.83. The fraction of sp³-hybridized carbons (Fsp3) is 0.476. The summed E-state index contributed by atoms with van der Waals surface area (Å²) in [5.41, 5.74) is 1.19. The van der Waals surface area contributed by atoms with Crippen molar-refractivity contribution in [3.8, 4) is 0 Å². The monoisotopic (exact) mass is 379 g/mol. The van der Waals surface area contributed by atoms with E-state index >= 15 is 0 Å². The highest BCUT2D eigenvalue weighted by atomic mass is 15.2. The number of aromatic nitrogens is 5. The van der Waals surface area contributed by atoms with Crippen LogP contribution >= 0.6 is 0 Å². The van der Waals surface area contributed by atoms with Crippen LogP contribution in [0.5, 0.6) is 0 Å². The Hall–Kier alpha value is -2.67. The van der Waals surface area contributed by atoms with Crippen molar-refractivity contribution in [1.29, 1.82) is 0 Å². The number of likely N-dealkylation sites (N-methyl/N-ethyl adjacent to an activating group) is 1. The maximum Gasteiger partial charge on any atom is 0.128 e. The smallest absolute Gasteiger partial charge is 0.128 e. The first-order valence-electron chi connectivity index (χ1n) is 10.0. The molecule has 3 aromatic heterocycles. The number of rotatable bonds is 7. The zero-order valence-corrected chi connectivity index (χ0v) is 16.8. The average molecular weight is 380 g/mol. The van der Waals surface area contributed by atoms with Crippen LogP contribution < -0.4 is 4.90 Å². The summed E-state index contributed by atoms with van der Waals surface area (Å²) in [6, 6.07) is 4.32. The SMILES string of the molecule is CN(C)CCn1ccnc1[C@@H]1CCCN(c2ccc(Cn3ccnc3)cn2)C1. The molecular weight excluding hydrogens is 350 g/mol. The van der Waals surface area contributed by atoms with Gasteiger partial charge in [0, 0.05) is 69.6 Å². The van der Waals surface area contributed by atoms with Gasteiger partial charge >= 0.3 is 0 Å². The molecule has 0 spiro atoms. The maximum atomic E-state index is 4.74. The fourth-order valence-electron chi connectivity index (χ4n) is 3.86. The van der Waals surface area contributed by atoms with Crippen molar-refractivity contribution in [2.45, 2.75) is 31.8 Å². The molecule has 0 aliphatic carbocycles. The molecule has 28 heavy (non-hydrogen) atoms. The van der Waals surface area contributed by atoms with Gasteiger partial charge in [0.15, 0.2) is 0 Å². The molecule has 1 aliphatic rings. The molecule has 0 N–H and O–H groups in total. The number of nitrogens with zero attached hydrogens (tertiary/aromatic N) is 7. The Morgan fingerprint density at radius 3 is 2.82 bits per heavy atom. The third kappa shape index (κ3) is 4.42. The lowest BCUT2D eigenvalue weighted by atomic mass is 9.97. The molecule has 4 heterocycles. The van der Waals surface area contributed by atoms with E-state index in [0.717, 1.165) is 38.5 Å². The summed E-state index contributed by atoms with van der Waals surface area (Å²) in [4.78, 5) is 18.1. The molecule has 4 rings (SSSR count). The van der Waals surface area contributed by atoms with Crippen molar-refractivity contribution >= 4 is 5.82 Å². The second-order valence-electron chi connectivity index (χ2n) is 7.83. The molecule has 0 radical (unpaired) electrons. The quantitative estimate of drug-likeness (QED) is 0.631. The molecule has 7 nitrogen and oxygen atoms in total. The Morgan fingerprint density at radius 2 is 2.07 bits per heavy atom. The molecular formula is C21H29N7. The Labute approximate surface area is 166 Å². The van der Waals surface area contributed by atoms with E-state index in [1.165, 1.54) is 24.2 Å². The zero-order chi connectivity index (χ0) is 19.3. The fourth-order valence-corrected chi connectivity index (χ4v) is 3.86. The van der Waals surface area contributed by atoms with E-state index in [1.807, 2.05) is 24.9 Å². The predicted octanol–water partition coefficient (Wildman–Crippen LogP) is 2.47. The molecule has 0 amide bonds. The van der Waals surface area contributed by atoms with Crippen molar-refractivity contribution in [1.82, 2.24) is 29.0 Å². The van der Waals surface area contributed by atoms with Gasteiger partial charge in [0.2, 0.25) is 0 Å². The molecule has 3 aromatic rings. The Morgan fingerprint density at radius 1 is 1.14 bits per heavy atom. The van der Waals surface area contributed by atoms with Crippen molar-refractivity contribution in [3.63, 3.8) is 0 Å². The highest BCUT2D eigenvalue weighted by molar-refractivity contribution is 5.40. The summed E-state index contributed by atoms with van der Waals surface area (Å²) in [6.07, 6.45) is 14.0. The lowest BCUT2D eigenvalue weighted by molar-refractivity contribution is 0.373. The lowest BCUT2D eigenvalue weighted by Crippen LogP contribution is -2.36. The molecule has 1 aliphatic heterocycles. The second kappa shape index (κ2) is 8.56. The van der Waals surface area contributed by atoms with Gasteiger partial charge in [-0.2, -0.15) is 0 Å². The average Bonchev–Trinajstić information content (AvgIpc) is 3.39. The molecule has 1 fully saturated rings. The minimum absolute atomic E-state index is 0.457. The van der Waals surface area contributed by atoms with E-state index in [1.54, 1.807) is 6.20 Å². The summed E-state index contributed by atoms with van der Waals surface area (Å²) >= 11 is 0. The molecule has 0 aromatic carbocycles. The van der Waals surface area contributed by atoms with E-state index in [4.69, 9.17) is 9.97 Å². The van der Waals surface area contributed by atoms with Crippen LogP contribution in [0, 0.1) is 0 Å². The third-order valence-corrected chi connectivity index (χ3v) is 5.38. The van der Waals surface area contributed by atoms with E-state index in [9.17, 15) is 0 Å². The van der Waals surface area contributed by atoms with Crippen molar-refractivity contribution in [3.05, 3.63) is 60.8 Å². The van der Waals surface area contributed by atoms with Crippen molar-refractivity contribution in [2.24, 2.45) is 0 Å². The normalized spacial score (nSPS) is 17.4. The number of hydrogen-bond acceptors (Lipinski definition) is 5. The lowest BCUT2D eigenvalue weighted by Gasteiger charge is -2.33. The highest BCUT2D eigenvalue weighted by Gasteiger charge is 2.25. The first-order chi connectivity index (χ1) is 13.7. The third-order valence-electron chi connectivity index (χ3n) is 5.38. The highest BCUT2D eigenvalue weighted by Crippen LogP contribution is 2.28. The summed E-state index contributed by atoms with van der Waals surface area (Å²) in [7, 11) is 4.22. The van der Waals surface area contributed by atoms with E-state index in [-0.39, 0.29) is 0 Å². The molecule has 1 saturated heterocycles. The van der Waals surface area contributed by atoms with Crippen molar-refractivity contribution in [2.75, 3.05) is 38.6 Å². The molecule has 0 unspecified atom stereocenters. The van der Waals surface area contributed by atoms with E-state index in [0.29, 0.717) is 5.92 Å². The van der Waals surface area contributed by atoms with Gasteiger partial charge in [-0.05, 0) is 38.6 Å². The van der Waals surface area contributed by atoms with E-state index < -0.39 is 0 Å². The van der Waals surface area contributed by atoms with Crippen LogP contribution in [-0.4, -0.2) is 62.7 Å². The van der Waals surface area contributed by atoms with Crippen LogP contribution in [0.25, 0.3) is 0 Å². The molecule has 1 atom stereocenters. The topological polar surface area (TPSA) is 55.0 Å². The summed E-state index contributed by atoms with van der Waals surface area (Å²) in [6.45, 7) is 4.86. The van der Waals surface area contributed by atoms with Crippen LogP contribution in [0.2, 0.25) is 0 Å². The van der Waals surface area contributed by atoms with Crippen molar-refractivity contribution < 1.29 is 0 Å². The first-order valence-corrected chi connectivity index (χ1v) is 10.0. The minimum Gasteiger partial charge on any atom is -0.356 e. The zero-order valence-electron chi connectivity index (χ0n) is 16.8. The summed E-state index contributed by atoms with van der Waals surface area (Å²) < 4.78 is 4.37. The van der Waals surface area contributed by atoms with Gasteiger partial charge in [-0.25, -0.2) is 15.0 Å². The van der Waals surface area contributed by atoms with Gasteiger partial charge in [-0.1, -0.05) is 6.07 Å². The van der Waals surface area contributed by atoms with Gasteiger partial charge in [0.25, 0.3) is 0 Å². The number of imidazole rings is 2. The largest absolute Gasteiger partial charge is 0.356 e.